The third-order valence-electron chi connectivity index (χ3n) is 10.7. The van der Waals surface area contributed by atoms with E-state index < -0.39 is 52.2 Å². The molecule has 0 radical (unpaired) electrons. The third-order valence-corrected chi connectivity index (χ3v) is 10.7. The van der Waals surface area contributed by atoms with E-state index in [4.69, 9.17) is 29.1 Å². The molecule has 10 heteroatoms. The monoisotopic (exact) mass is 582 g/mol. The first-order valence-electron chi connectivity index (χ1n) is 15.1. The Balaban J connectivity index is 1.47. The van der Waals surface area contributed by atoms with Gasteiger partial charge in [0.05, 0.1) is 18.8 Å². The molecule has 42 heavy (non-hydrogen) atoms. The van der Waals surface area contributed by atoms with E-state index in [1.807, 2.05) is 20.8 Å². The van der Waals surface area contributed by atoms with Gasteiger partial charge in [0.2, 0.25) is 0 Å². The third kappa shape index (κ3) is 4.41. The standard InChI is InChI=1S/C32H42N2O8/c1-6-8-19(33)28(36)41-24-14-22-30(3,11-10-23-31(22,4)16-38-17(2)39-23)27-26(35)25-21(42-32(24,27)5)13-20(40-29(25)37)18-9-7-12-34-15-18/h7,9,12-13,15,17,19,22-24,26-27,35H,6,8,10-11,14,16,33H2,1-5H3/t17?,19?,22?,23-,24-,26-,27?,30-,31-,32+/m0/s1. The number of fused-ring (bicyclic) bond motifs is 6. The maximum absolute atomic E-state index is 13.5. The van der Waals surface area contributed by atoms with Crippen LogP contribution in [0.2, 0.25) is 0 Å². The Kier molecular flexibility index (Phi) is 7.28. The van der Waals surface area contributed by atoms with Crippen molar-refractivity contribution in [1.29, 1.82) is 0 Å². The number of carbonyl (C=O) groups excluding carboxylic acids is 1. The van der Waals surface area contributed by atoms with E-state index in [0.29, 0.717) is 25.0 Å². The number of ether oxygens (including phenoxy) is 4. The number of aliphatic hydroxyl groups excluding tert-OH is 1. The van der Waals surface area contributed by atoms with Gasteiger partial charge in [0, 0.05) is 35.4 Å². The summed E-state index contributed by atoms with van der Waals surface area (Å²) < 4.78 is 31.0. The zero-order valence-electron chi connectivity index (χ0n) is 25.0. The molecule has 2 saturated carbocycles. The Bertz CT molecular complexity index is 1400. The topological polar surface area (TPSA) is 143 Å². The molecule has 3 N–H and O–H groups in total. The van der Waals surface area contributed by atoms with Crippen molar-refractivity contribution in [2.24, 2.45) is 28.4 Å². The first kappa shape index (κ1) is 29.3. The molecule has 4 aliphatic rings. The molecule has 4 heterocycles. The summed E-state index contributed by atoms with van der Waals surface area (Å²) in [4.78, 5) is 30.9. The van der Waals surface area contributed by atoms with Gasteiger partial charge in [-0.3, -0.25) is 9.78 Å². The average Bonchev–Trinajstić information content (AvgIpc) is 2.94. The Labute approximate surface area is 245 Å². The van der Waals surface area contributed by atoms with Crippen LogP contribution in [-0.2, 0) is 19.0 Å². The van der Waals surface area contributed by atoms with Crippen LogP contribution in [0.15, 0.2) is 39.8 Å². The molecule has 0 spiro atoms. The maximum atomic E-state index is 13.5. The average molecular weight is 583 g/mol. The molecule has 0 amide bonds. The number of aliphatic hydroxyl groups is 1. The lowest BCUT2D eigenvalue weighted by molar-refractivity contribution is -0.324. The number of rotatable bonds is 5. The second kappa shape index (κ2) is 10.4. The van der Waals surface area contributed by atoms with Crippen LogP contribution >= 0.6 is 0 Å². The lowest BCUT2D eigenvalue weighted by atomic mass is 9.42. The Morgan fingerprint density at radius 2 is 2.07 bits per heavy atom. The highest BCUT2D eigenvalue weighted by molar-refractivity contribution is 5.75. The molecule has 2 aliphatic heterocycles. The normalized spacial score (nSPS) is 39.5. The number of aromatic nitrogens is 1. The largest absolute Gasteiger partial charge is 0.482 e. The number of nitrogens with two attached hydrogens (primary N) is 1. The van der Waals surface area contributed by atoms with Crippen molar-refractivity contribution in [3.63, 3.8) is 0 Å². The highest BCUT2D eigenvalue weighted by Gasteiger charge is 2.71. The van der Waals surface area contributed by atoms with Gasteiger partial charge in [-0.2, -0.15) is 0 Å². The minimum atomic E-state index is -1.22. The zero-order chi connectivity index (χ0) is 30.0. The zero-order valence-corrected chi connectivity index (χ0v) is 25.0. The van der Waals surface area contributed by atoms with Crippen LogP contribution in [0.5, 0.6) is 5.75 Å². The van der Waals surface area contributed by atoms with Crippen LogP contribution in [0, 0.1) is 22.7 Å². The molecule has 10 atom stereocenters. The van der Waals surface area contributed by atoms with Crippen LogP contribution in [0.25, 0.3) is 11.3 Å². The summed E-state index contributed by atoms with van der Waals surface area (Å²) in [6, 6.07) is 4.38. The minimum Gasteiger partial charge on any atom is -0.482 e. The predicted octanol–water partition coefficient (Wildman–Crippen LogP) is 4.13. The number of carbonyl (C=O) groups is 1. The van der Waals surface area contributed by atoms with Crippen molar-refractivity contribution in [2.45, 2.75) is 103 Å². The lowest BCUT2D eigenvalue weighted by Crippen LogP contribution is -2.72. The van der Waals surface area contributed by atoms with Crippen molar-refractivity contribution < 1.29 is 33.3 Å². The molecular weight excluding hydrogens is 540 g/mol. The smallest absolute Gasteiger partial charge is 0.345 e. The first-order chi connectivity index (χ1) is 19.9. The summed E-state index contributed by atoms with van der Waals surface area (Å²) in [5, 5.41) is 12.2. The van der Waals surface area contributed by atoms with Crippen molar-refractivity contribution in [1.82, 2.24) is 4.98 Å². The van der Waals surface area contributed by atoms with Crippen LogP contribution < -0.4 is 16.1 Å². The van der Waals surface area contributed by atoms with Crippen LogP contribution in [0.3, 0.4) is 0 Å². The van der Waals surface area contributed by atoms with Gasteiger partial charge in [-0.1, -0.05) is 27.2 Å². The summed E-state index contributed by atoms with van der Waals surface area (Å²) in [7, 11) is 0. The van der Waals surface area contributed by atoms with Crippen LogP contribution in [0.4, 0.5) is 0 Å². The first-order valence-corrected chi connectivity index (χ1v) is 15.1. The number of hydrogen-bond acceptors (Lipinski definition) is 10. The van der Waals surface area contributed by atoms with E-state index in [-0.39, 0.29) is 35.4 Å². The van der Waals surface area contributed by atoms with E-state index >= 15 is 0 Å². The van der Waals surface area contributed by atoms with Crippen molar-refractivity contribution in [2.75, 3.05) is 6.61 Å². The summed E-state index contributed by atoms with van der Waals surface area (Å²) in [6.07, 6.45) is 4.10. The summed E-state index contributed by atoms with van der Waals surface area (Å²) in [5.74, 6) is -0.675. The SMILES string of the molecule is CCCC(N)C(=O)O[C@H]1CC2[C@](C)(CC[C@@H]3OC(C)OC[C@@]23C)C2[C@@H](O)c3c(cc(-c4cccnc4)oc3=O)O[C@@]21C. The van der Waals surface area contributed by atoms with Gasteiger partial charge in [-0.15, -0.1) is 0 Å². The lowest BCUT2D eigenvalue weighted by Gasteiger charge is -2.67. The number of hydrogen-bond donors (Lipinski definition) is 2. The van der Waals surface area contributed by atoms with Gasteiger partial charge in [0.25, 0.3) is 0 Å². The predicted molar refractivity (Wildman–Crippen MR) is 152 cm³/mol. The second-order valence-corrected chi connectivity index (χ2v) is 13.3. The fraction of sp³-hybridized carbons (Fsp3) is 0.656. The van der Waals surface area contributed by atoms with Gasteiger partial charge in [-0.25, -0.2) is 4.79 Å². The highest BCUT2D eigenvalue weighted by atomic mass is 16.7. The van der Waals surface area contributed by atoms with Gasteiger partial charge < -0.3 is 34.2 Å². The van der Waals surface area contributed by atoms with Gasteiger partial charge in [0.15, 0.2) is 6.29 Å². The molecule has 1 saturated heterocycles. The molecule has 0 aromatic carbocycles. The van der Waals surface area contributed by atoms with E-state index in [1.165, 1.54) is 0 Å². The number of nitrogens with zero attached hydrogens (tertiary/aromatic N) is 1. The van der Waals surface area contributed by atoms with Crippen LogP contribution in [0.1, 0.15) is 78.4 Å². The molecule has 0 bridgehead atoms. The molecule has 10 nitrogen and oxygen atoms in total. The quantitative estimate of drug-likeness (QED) is 0.494. The molecule has 6 rings (SSSR count). The van der Waals surface area contributed by atoms with Gasteiger partial charge >= 0.3 is 11.6 Å². The summed E-state index contributed by atoms with van der Waals surface area (Å²) in [6.45, 7) is 10.5. The van der Waals surface area contributed by atoms with Crippen molar-refractivity contribution in [3.05, 3.63) is 46.6 Å². The summed E-state index contributed by atoms with van der Waals surface area (Å²) >= 11 is 0. The van der Waals surface area contributed by atoms with Gasteiger partial charge in [0.1, 0.15) is 34.8 Å². The molecule has 2 aliphatic carbocycles. The molecule has 3 fully saturated rings. The summed E-state index contributed by atoms with van der Waals surface area (Å²) in [5.41, 5.74) is 4.15. The van der Waals surface area contributed by atoms with Crippen molar-refractivity contribution >= 4 is 5.97 Å². The Morgan fingerprint density at radius 1 is 1.29 bits per heavy atom. The van der Waals surface area contributed by atoms with Crippen LogP contribution in [-0.4, -0.2) is 52.8 Å². The number of esters is 1. The molecular formula is C32H42N2O8. The fourth-order valence-corrected chi connectivity index (χ4v) is 8.63. The minimum absolute atomic E-state index is 0.0524. The Hall–Kier alpha value is -2.79. The van der Waals surface area contributed by atoms with E-state index in [2.05, 4.69) is 18.8 Å². The second-order valence-electron chi connectivity index (χ2n) is 13.3. The highest BCUT2D eigenvalue weighted by Crippen LogP contribution is 2.68. The van der Waals surface area contributed by atoms with Gasteiger partial charge in [-0.05, 0) is 63.0 Å². The van der Waals surface area contributed by atoms with E-state index in [1.54, 1.807) is 30.6 Å². The maximum Gasteiger partial charge on any atom is 0.345 e. The fourth-order valence-electron chi connectivity index (χ4n) is 8.63. The number of pyridine rings is 1. The molecule has 2 aromatic rings. The Morgan fingerprint density at radius 3 is 2.79 bits per heavy atom. The van der Waals surface area contributed by atoms with Crippen molar-refractivity contribution in [3.8, 4) is 17.1 Å². The van der Waals surface area contributed by atoms with E-state index in [9.17, 15) is 14.7 Å². The molecule has 228 valence electrons. The molecule has 2 aromatic heterocycles. The molecule has 4 unspecified atom stereocenters. The van der Waals surface area contributed by atoms with E-state index in [0.717, 1.165) is 19.3 Å².